The van der Waals surface area contributed by atoms with Gasteiger partial charge in [-0.1, -0.05) is 13.8 Å². The molecule has 0 bridgehead atoms. The second-order valence-electron chi connectivity index (χ2n) is 6.30. The van der Waals surface area contributed by atoms with E-state index in [1.54, 1.807) is 32.9 Å². The predicted octanol–water partition coefficient (Wildman–Crippen LogP) is 2.39. The number of nitrogens with one attached hydrogen (secondary N) is 1. The van der Waals surface area contributed by atoms with E-state index in [2.05, 4.69) is 5.32 Å². The van der Waals surface area contributed by atoms with Crippen LogP contribution in [-0.4, -0.2) is 44.7 Å². The average molecular weight is 420 g/mol. The summed E-state index contributed by atoms with van der Waals surface area (Å²) in [6.45, 7) is 5.77. The molecule has 2 aromatic rings. The minimum absolute atomic E-state index is 0.0726. The maximum absolute atomic E-state index is 12.9. The summed E-state index contributed by atoms with van der Waals surface area (Å²) >= 11 is 0. The van der Waals surface area contributed by atoms with Crippen LogP contribution in [0.5, 0.6) is 5.75 Å². The van der Waals surface area contributed by atoms with E-state index in [0.29, 0.717) is 29.9 Å². The van der Waals surface area contributed by atoms with Gasteiger partial charge in [0.1, 0.15) is 10.6 Å². The van der Waals surface area contributed by atoms with Crippen molar-refractivity contribution in [1.82, 2.24) is 4.31 Å². The quantitative estimate of drug-likeness (QED) is 0.681. The van der Waals surface area contributed by atoms with Crippen molar-refractivity contribution in [1.29, 1.82) is 0 Å². The highest BCUT2D eigenvalue weighted by Gasteiger charge is 2.26. The van der Waals surface area contributed by atoms with Crippen molar-refractivity contribution in [2.75, 3.05) is 25.5 Å². The Labute approximate surface area is 170 Å². The topological polar surface area (TPSA) is 119 Å². The number of aryl methyl sites for hydroxylation is 1. The minimum atomic E-state index is -3.82. The summed E-state index contributed by atoms with van der Waals surface area (Å²) < 4.78 is 32.3. The van der Waals surface area contributed by atoms with Gasteiger partial charge in [0.2, 0.25) is 15.9 Å². The number of methoxy groups -OCH3 is 1. The van der Waals surface area contributed by atoms with Gasteiger partial charge in [0.25, 0.3) is 5.91 Å². The minimum Gasteiger partial charge on any atom is -0.495 e. The number of benzene rings is 2. The maximum atomic E-state index is 12.9. The van der Waals surface area contributed by atoms with Crippen molar-refractivity contribution in [2.24, 2.45) is 5.73 Å². The van der Waals surface area contributed by atoms with Crippen LogP contribution < -0.4 is 15.8 Å². The molecule has 2 amide bonds. The van der Waals surface area contributed by atoms with Crippen molar-refractivity contribution in [3.63, 3.8) is 0 Å². The van der Waals surface area contributed by atoms with Crippen LogP contribution in [0.25, 0.3) is 0 Å². The van der Waals surface area contributed by atoms with E-state index in [-0.39, 0.29) is 16.2 Å². The van der Waals surface area contributed by atoms with Crippen molar-refractivity contribution in [2.45, 2.75) is 25.7 Å². The van der Waals surface area contributed by atoms with E-state index in [1.807, 2.05) is 0 Å². The molecule has 0 atom stereocenters. The molecule has 0 saturated carbocycles. The largest absolute Gasteiger partial charge is 0.495 e. The summed E-state index contributed by atoms with van der Waals surface area (Å²) in [5, 5.41) is 2.70. The first-order valence-electron chi connectivity index (χ1n) is 9.05. The van der Waals surface area contributed by atoms with Crippen LogP contribution in [0.2, 0.25) is 0 Å². The number of nitrogens with two attached hydrogens (primary N) is 1. The number of carbonyl (C=O) groups is 2. The SMILES string of the molecule is CCN(CC)S(=O)(=O)c1cc(C(=O)Nc2ccc(C(N)=O)c(C)c2)ccc1OC. The van der Waals surface area contributed by atoms with Crippen molar-refractivity contribution in [3.8, 4) is 5.75 Å². The van der Waals surface area contributed by atoms with Crippen LogP contribution in [-0.2, 0) is 10.0 Å². The number of carbonyl (C=O) groups excluding carboxylic acids is 2. The first kappa shape index (κ1) is 22.4. The number of anilines is 1. The fourth-order valence-electron chi connectivity index (χ4n) is 2.94. The molecule has 0 saturated heterocycles. The second-order valence-corrected chi connectivity index (χ2v) is 8.21. The molecule has 2 rings (SSSR count). The third-order valence-electron chi connectivity index (χ3n) is 4.50. The van der Waals surface area contributed by atoms with Gasteiger partial charge in [-0.15, -0.1) is 0 Å². The van der Waals surface area contributed by atoms with Gasteiger partial charge >= 0.3 is 0 Å². The van der Waals surface area contributed by atoms with Gasteiger partial charge in [-0.05, 0) is 48.9 Å². The molecule has 29 heavy (non-hydrogen) atoms. The zero-order chi connectivity index (χ0) is 21.8. The smallest absolute Gasteiger partial charge is 0.255 e. The molecule has 0 fully saturated rings. The lowest BCUT2D eigenvalue weighted by Crippen LogP contribution is -2.31. The molecular weight excluding hydrogens is 394 g/mol. The fourth-order valence-corrected chi connectivity index (χ4v) is 4.58. The van der Waals surface area contributed by atoms with Gasteiger partial charge in [0.15, 0.2) is 0 Å². The lowest BCUT2D eigenvalue weighted by atomic mass is 10.1. The molecule has 2 aromatic carbocycles. The summed E-state index contributed by atoms with van der Waals surface area (Å²) in [7, 11) is -2.44. The summed E-state index contributed by atoms with van der Waals surface area (Å²) in [5.74, 6) is -0.883. The molecule has 156 valence electrons. The molecule has 0 aliphatic heterocycles. The van der Waals surface area contributed by atoms with Gasteiger partial charge in [-0.25, -0.2) is 8.42 Å². The summed E-state index contributed by atoms with van der Waals surface area (Å²) in [4.78, 5) is 23.9. The highest BCUT2D eigenvalue weighted by atomic mass is 32.2. The molecule has 8 nitrogen and oxygen atoms in total. The lowest BCUT2D eigenvalue weighted by Gasteiger charge is -2.20. The molecule has 0 heterocycles. The molecule has 0 spiro atoms. The zero-order valence-electron chi connectivity index (χ0n) is 16.9. The van der Waals surface area contributed by atoms with E-state index >= 15 is 0 Å². The van der Waals surface area contributed by atoms with Crippen LogP contribution in [0.1, 0.15) is 40.1 Å². The molecule has 0 aromatic heterocycles. The summed E-state index contributed by atoms with van der Waals surface area (Å²) in [6.07, 6.45) is 0. The first-order valence-corrected chi connectivity index (χ1v) is 10.5. The standard InChI is InChI=1S/C20H25N3O5S/c1-5-23(6-2)29(26,27)18-12-14(7-10-17(18)28-4)20(25)22-15-8-9-16(19(21)24)13(3)11-15/h7-12H,5-6H2,1-4H3,(H2,21,24)(H,22,25). The molecular formula is C20H25N3O5S. The Balaban J connectivity index is 2.39. The number of ether oxygens (including phenoxy) is 1. The summed E-state index contributed by atoms with van der Waals surface area (Å²) in [6, 6.07) is 8.94. The van der Waals surface area contributed by atoms with Crippen LogP contribution in [0, 0.1) is 6.92 Å². The monoisotopic (exact) mass is 419 g/mol. The van der Waals surface area contributed by atoms with Crippen molar-refractivity contribution in [3.05, 3.63) is 53.1 Å². The van der Waals surface area contributed by atoms with E-state index in [9.17, 15) is 18.0 Å². The Morgan fingerprint density at radius 3 is 2.28 bits per heavy atom. The number of hydrogen-bond donors (Lipinski definition) is 2. The van der Waals surface area contributed by atoms with Crippen molar-refractivity contribution < 1.29 is 22.7 Å². The Kier molecular flexibility index (Phi) is 6.99. The number of primary amides is 1. The number of amides is 2. The number of nitrogens with zero attached hydrogens (tertiary/aromatic N) is 1. The van der Waals surface area contributed by atoms with E-state index in [1.165, 1.54) is 35.7 Å². The highest BCUT2D eigenvalue weighted by Crippen LogP contribution is 2.28. The van der Waals surface area contributed by atoms with Crippen LogP contribution >= 0.6 is 0 Å². The van der Waals surface area contributed by atoms with Crippen LogP contribution in [0.15, 0.2) is 41.3 Å². The molecule has 9 heteroatoms. The third-order valence-corrected chi connectivity index (χ3v) is 6.57. The molecule has 0 radical (unpaired) electrons. The van der Waals surface area contributed by atoms with Crippen molar-refractivity contribution >= 4 is 27.5 Å². The van der Waals surface area contributed by atoms with E-state index in [0.717, 1.165) is 0 Å². The van der Waals surface area contributed by atoms with Crippen LogP contribution in [0.3, 0.4) is 0 Å². The third kappa shape index (κ3) is 4.75. The summed E-state index contributed by atoms with van der Waals surface area (Å²) in [5.41, 5.74) is 6.89. The zero-order valence-corrected chi connectivity index (χ0v) is 17.7. The molecule has 0 unspecified atom stereocenters. The van der Waals surface area contributed by atoms with Gasteiger partial charge in [-0.2, -0.15) is 4.31 Å². The fraction of sp³-hybridized carbons (Fsp3) is 0.300. The first-order chi connectivity index (χ1) is 13.6. The van der Waals surface area contributed by atoms with Gasteiger partial charge in [-0.3, -0.25) is 9.59 Å². The van der Waals surface area contributed by atoms with E-state index < -0.39 is 21.8 Å². The number of rotatable bonds is 8. The van der Waals surface area contributed by atoms with Gasteiger partial charge in [0.05, 0.1) is 7.11 Å². The Morgan fingerprint density at radius 1 is 1.10 bits per heavy atom. The highest BCUT2D eigenvalue weighted by molar-refractivity contribution is 7.89. The molecule has 3 N–H and O–H groups in total. The molecule has 0 aliphatic carbocycles. The predicted molar refractivity (Wildman–Crippen MR) is 111 cm³/mol. The second kappa shape index (κ2) is 9.06. The van der Waals surface area contributed by atoms with E-state index in [4.69, 9.17) is 10.5 Å². The number of hydrogen-bond acceptors (Lipinski definition) is 5. The Bertz CT molecular complexity index is 1030. The van der Waals surface area contributed by atoms with Gasteiger partial charge < -0.3 is 15.8 Å². The van der Waals surface area contributed by atoms with Crippen LogP contribution in [0.4, 0.5) is 5.69 Å². The Hall–Kier alpha value is -2.91. The number of sulfonamides is 1. The van der Waals surface area contributed by atoms with Gasteiger partial charge in [0, 0.05) is 29.9 Å². The Morgan fingerprint density at radius 2 is 1.76 bits per heavy atom. The lowest BCUT2D eigenvalue weighted by molar-refractivity contribution is 0.0997. The average Bonchev–Trinajstić information content (AvgIpc) is 2.67. The maximum Gasteiger partial charge on any atom is 0.255 e. The normalized spacial score (nSPS) is 11.3. The molecule has 0 aliphatic rings.